The van der Waals surface area contributed by atoms with E-state index in [2.05, 4.69) is 5.32 Å². The lowest BCUT2D eigenvalue weighted by molar-refractivity contribution is -0.384. The highest BCUT2D eigenvalue weighted by atomic mass is 16.6. The van der Waals surface area contributed by atoms with Crippen LogP contribution < -0.4 is 5.32 Å². The fraction of sp³-hybridized carbons (Fsp3) is 0.158. The number of nitro groups is 1. The maximum Gasteiger partial charge on any atom is 0.331 e. The van der Waals surface area contributed by atoms with Crippen molar-refractivity contribution in [1.29, 1.82) is 0 Å². The van der Waals surface area contributed by atoms with Gasteiger partial charge >= 0.3 is 5.97 Å². The molecule has 0 heterocycles. The Morgan fingerprint density at radius 3 is 2.54 bits per heavy atom. The number of nitro benzene ring substituents is 1. The first kappa shape index (κ1) is 18.9. The van der Waals surface area contributed by atoms with Crippen LogP contribution in [0.15, 0.2) is 54.6 Å². The van der Waals surface area contributed by atoms with Crippen LogP contribution in [-0.2, 0) is 14.3 Å². The Bertz CT molecular complexity index is 843. The number of non-ortho nitro benzene ring substituents is 1. The fourth-order valence-corrected chi connectivity index (χ4v) is 2.05. The Morgan fingerprint density at radius 1 is 1.19 bits per heavy atom. The van der Waals surface area contributed by atoms with Gasteiger partial charge in [-0.1, -0.05) is 29.8 Å². The number of esters is 1. The molecular weight excluding hydrogens is 336 g/mol. The van der Waals surface area contributed by atoms with Gasteiger partial charge in [0.05, 0.1) is 4.92 Å². The Morgan fingerprint density at radius 2 is 1.88 bits per heavy atom. The van der Waals surface area contributed by atoms with E-state index in [4.69, 9.17) is 4.74 Å². The number of aryl methyl sites for hydroxylation is 1. The number of anilines is 1. The Kier molecular flexibility index (Phi) is 6.21. The molecule has 2 aromatic carbocycles. The van der Waals surface area contributed by atoms with E-state index in [-0.39, 0.29) is 5.69 Å². The van der Waals surface area contributed by atoms with Crippen LogP contribution in [0.1, 0.15) is 18.1 Å². The van der Waals surface area contributed by atoms with Gasteiger partial charge in [-0.15, -0.1) is 0 Å². The third kappa shape index (κ3) is 5.55. The van der Waals surface area contributed by atoms with Gasteiger partial charge in [-0.25, -0.2) is 4.79 Å². The molecule has 0 unspecified atom stereocenters. The molecule has 1 atom stereocenters. The Labute approximate surface area is 150 Å². The summed E-state index contributed by atoms with van der Waals surface area (Å²) in [6.07, 6.45) is 1.52. The highest BCUT2D eigenvalue weighted by Gasteiger charge is 2.16. The number of ether oxygens (including phenoxy) is 1. The number of rotatable bonds is 6. The minimum absolute atomic E-state index is 0.0774. The summed E-state index contributed by atoms with van der Waals surface area (Å²) >= 11 is 0. The van der Waals surface area contributed by atoms with E-state index in [1.807, 2.05) is 19.1 Å². The number of benzene rings is 2. The molecule has 2 rings (SSSR count). The number of hydrogen-bond acceptors (Lipinski definition) is 5. The zero-order chi connectivity index (χ0) is 19.1. The quantitative estimate of drug-likeness (QED) is 0.370. The van der Waals surface area contributed by atoms with Crippen molar-refractivity contribution in [3.8, 4) is 0 Å². The Balaban J connectivity index is 1.91. The first-order valence-electron chi connectivity index (χ1n) is 7.86. The van der Waals surface area contributed by atoms with Crippen LogP contribution in [0.4, 0.5) is 11.4 Å². The smallest absolute Gasteiger partial charge is 0.331 e. The second-order valence-electron chi connectivity index (χ2n) is 5.62. The second kappa shape index (κ2) is 8.57. The van der Waals surface area contributed by atoms with Crippen LogP contribution in [0.3, 0.4) is 0 Å². The van der Waals surface area contributed by atoms with Crippen molar-refractivity contribution in [1.82, 2.24) is 0 Å². The molecule has 0 saturated heterocycles. The molecule has 0 bridgehead atoms. The third-order valence-corrected chi connectivity index (χ3v) is 3.47. The maximum atomic E-state index is 12.0. The van der Waals surface area contributed by atoms with E-state index in [9.17, 15) is 19.7 Å². The number of nitrogens with one attached hydrogen (secondary N) is 1. The molecule has 0 spiro atoms. The van der Waals surface area contributed by atoms with E-state index in [1.54, 1.807) is 18.2 Å². The van der Waals surface area contributed by atoms with Crippen LogP contribution in [0, 0.1) is 17.0 Å². The molecule has 2 aromatic rings. The van der Waals surface area contributed by atoms with Crippen molar-refractivity contribution in [3.05, 3.63) is 75.8 Å². The highest BCUT2D eigenvalue weighted by Crippen LogP contribution is 2.14. The predicted molar refractivity (Wildman–Crippen MR) is 97.5 cm³/mol. The number of carbonyl (C=O) groups is 2. The van der Waals surface area contributed by atoms with E-state index in [0.29, 0.717) is 11.3 Å². The lowest BCUT2D eigenvalue weighted by Gasteiger charge is -2.12. The van der Waals surface area contributed by atoms with E-state index in [0.717, 1.165) is 11.6 Å². The van der Waals surface area contributed by atoms with Gasteiger partial charge in [0.25, 0.3) is 11.6 Å². The van der Waals surface area contributed by atoms with E-state index < -0.39 is 22.9 Å². The zero-order valence-electron chi connectivity index (χ0n) is 14.3. The van der Waals surface area contributed by atoms with Crippen molar-refractivity contribution in [2.24, 2.45) is 0 Å². The van der Waals surface area contributed by atoms with Gasteiger partial charge in [0.15, 0.2) is 6.10 Å². The van der Waals surface area contributed by atoms with Crippen molar-refractivity contribution in [2.45, 2.75) is 20.0 Å². The zero-order valence-corrected chi connectivity index (χ0v) is 14.3. The van der Waals surface area contributed by atoms with Gasteiger partial charge in [-0.3, -0.25) is 14.9 Å². The van der Waals surface area contributed by atoms with Gasteiger partial charge in [0, 0.05) is 23.9 Å². The monoisotopic (exact) mass is 354 g/mol. The average Bonchev–Trinajstić information content (AvgIpc) is 2.62. The number of amides is 1. The lowest BCUT2D eigenvalue weighted by atomic mass is 10.2. The molecule has 134 valence electrons. The van der Waals surface area contributed by atoms with Crippen molar-refractivity contribution in [2.75, 3.05) is 5.32 Å². The molecule has 0 aliphatic rings. The van der Waals surface area contributed by atoms with Crippen molar-refractivity contribution < 1.29 is 19.2 Å². The molecule has 0 radical (unpaired) electrons. The fourth-order valence-electron chi connectivity index (χ4n) is 2.05. The summed E-state index contributed by atoms with van der Waals surface area (Å²) in [4.78, 5) is 34.1. The van der Waals surface area contributed by atoms with Gasteiger partial charge in [0.2, 0.25) is 0 Å². The Hall–Kier alpha value is -3.48. The van der Waals surface area contributed by atoms with Crippen molar-refractivity contribution in [3.63, 3.8) is 0 Å². The molecule has 26 heavy (non-hydrogen) atoms. The van der Waals surface area contributed by atoms with Gasteiger partial charge in [0.1, 0.15) is 0 Å². The standard InChI is InChI=1S/C19H18N2O5/c1-13-6-9-16(10-7-13)20-19(23)14(2)26-18(22)11-8-15-4-3-5-17(12-15)21(24)25/h3-12,14H,1-2H3,(H,20,23)/b11-8+/t14-/m0/s1. The molecule has 1 N–H and O–H groups in total. The topological polar surface area (TPSA) is 98.5 Å². The van der Waals surface area contributed by atoms with Crippen LogP contribution in [-0.4, -0.2) is 22.9 Å². The van der Waals surface area contributed by atoms with Crippen molar-refractivity contribution >= 4 is 29.3 Å². The molecule has 0 aromatic heterocycles. The van der Waals surface area contributed by atoms with Gasteiger partial charge < -0.3 is 10.1 Å². The summed E-state index contributed by atoms with van der Waals surface area (Å²) in [5, 5.41) is 13.4. The van der Waals surface area contributed by atoms with Gasteiger partial charge in [-0.2, -0.15) is 0 Å². The predicted octanol–water partition coefficient (Wildman–Crippen LogP) is 3.49. The third-order valence-electron chi connectivity index (χ3n) is 3.47. The SMILES string of the molecule is Cc1ccc(NC(=O)[C@H](C)OC(=O)/C=C/c2cccc([N+](=O)[O-])c2)cc1. The lowest BCUT2D eigenvalue weighted by Crippen LogP contribution is -2.29. The molecule has 0 aliphatic heterocycles. The number of hydrogen-bond donors (Lipinski definition) is 1. The molecule has 7 heteroatoms. The molecule has 1 amide bonds. The summed E-state index contributed by atoms with van der Waals surface area (Å²) in [6, 6.07) is 13.0. The van der Waals surface area contributed by atoms with Gasteiger partial charge in [-0.05, 0) is 37.6 Å². The molecule has 0 fully saturated rings. The summed E-state index contributed by atoms with van der Waals surface area (Å²) in [5.74, 6) is -1.17. The van der Waals surface area contributed by atoms with Crippen LogP contribution >= 0.6 is 0 Å². The van der Waals surface area contributed by atoms with E-state index in [1.165, 1.54) is 31.2 Å². The summed E-state index contributed by atoms with van der Waals surface area (Å²) < 4.78 is 5.04. The number of carbonyl (C=O) groups excluding carboxylic acids is 2. The maximum absolute atomic E-state index is 12.0. The first-order valence-corrected chi connectivity index (χ1v) is 7.86. The molecule has 7 nitrogen and oxygen atoms in total. The minimum Gasteiger partial charge on any atom is -0.449 e. The average molecular weight is 354 g/mol. The first-order chi connectivity index (χ1) is 12.3. The summed E-state index contributed by atoms with van der Waals surface area (Å²) in [7, 11) is 0. The summed E-state index contributed by atoms with van der Waals surface area (Å²) in [6.45, 7) is 3.40. The highest BCUT2D eigenvalue weighted by molar-refractivity contribution is 5.96. The molecular formula is C19H18N2O5. The van der Waals surface area contributed by atoms with Crippen LogP contribution in [0.25, 0.3) is 6.08 Å². The molecule has 0 aliphatic carbocycles. The second-order valence-corrected chi connectivity index (χ2v) is 5.62. The minimum atomic E-state index is -0.987. The van der Waals surface area contributed by atoms with Crippen LogP contribution in [0.5, 0.6) is 0 Å². The normalized spacial score (nSPS) is 11.8. The molecule has 0 saturated carbocycles. The largest absolute Gasteiger partial charge is 0.449 e. The summed E-state index contributed by atoms with van der Waals surface area (Å²) in [5.41, 5.74) is 2.07. The van der Waals surface area contributed by atoms with E-state index >= 15 is 0 Å². The number of nitrogens with zero attached hydrogens (tertiary/aromatic N) is 1. The van der Waals surface area contributed by atoms with Crippen LogP contribution in [0.2, 0.25) is 0 Å².